The molecule has 1 fully saturated rings. The zero-order valence-electron chi connectivity index (χ0n) is 11.6. The summed E-state index contributed by atoms with van der Waals surface area (Å²) in [6, 6.07) is 8.20. The lowest BCUT2D eigenvalue weighted by Crippen LogP contribution is -2.53. The Morgan fingerprint density at radius 2 is 2.00 bits per heavy atom. The zero-order valence-corrected chi connectivity index (χ0v) is 11.6. The van der Waals surface area contributed by atoms with Gasteiger partial charge in [0.2, 0.25) is 0 Å². The summed E-state index contributed by atoms with van der Waals surface area (Å²) in [6.07, 6.45) is 0.880. The SMILES string of the molecule is COC(=O)C1CCN1c1ccccc1C(C)(C)C. The van der Waals surface area contributed by atoms with Crippen molar-refractivity contribution in [1.82, 2.24) is 0 Å². The summed E-state index contributed by atoms with van der Waals surface area (Å²) in [4.78, 5) is 13.8. The highest BCUT2D eigenvalue weighted by Crippen LogP contribution is 2.36. The van der Waals surface area contributed by atoms with Gasteiger partial charge in [0.1, 0.15) is 6.04 Å². The van der Waals surface area contributed by atoms with Crippen molar-refractivity contribution in [2.75, 3.05) is 18.6 Å². The van der Waals surface area contributed by atoms with E-state index in [1.807, 2.05) is 6.07 Å². The molecule has 0 aromatic heterocycles. The van der Waals surface area contributed by atoms with Crippen molar-refractivity contribution in [3.63, 3.8) is 0 Å². The van der Waals surface area contributed by atoms with Crippen LogP contribution in [-0.2, 0) is 14.9 Å². The Hall–Kier alpha value is -1.51. The van der Waals surface area contributed by atoms with E-state index in [1.54, 1.807) is 0 Å². The molecule has 0 aliphatic carbocycles. The van der Waals surface area contributed by atoms with Crippen LogP contribution in [0.4, 0.5) is 5.69 Å². The van der Waals surface area contributed by atoms with Crippen LogP contribution in [0.1, 0.15) is 32.8 Å². The molecule has 2 rings (SSSR count). The Balaban J connectivity index is 2.32. The van der Waals surface area contributed by atoms with Crippen molar-refractivity contribution >= 4 is 11.7 Å². The van der Waals surface area contributed by atoms with E-state index in [1.165, 1.54) is 12.7 Å². The van der Waals surface area contributed by atoms with E-state index < -0.39 is 0 Å². The van der Waals surface area contributed by atoms with E-state index in [0.29, 0.717) is 0 Å². The van der Waals surface area contributed by atoms with Gasteiger partial charge in [-0.05, 0) is 23.5 Å². The van der Waals surface area contributed by atoms with E-state index in [4.69, 9.17) is 4.74 Å². The molecular formula is C15H21NO2. The summed E-state index contributed by atoms with van der Waals surface area (Å²) >= 11 is 0. The number of anilines is 1. The molecule has 0 saturated carbocycles. The molecule has 1 unspecified atom stereocenters. The topological polar surface area (TPSA) is 29.5 Å². The lowest BCUT2D eigenvalue weighted by atomic mass is 9.84. The van der Waals surface area contributed by atoms with Crippen LogP contribution in [0.3, 0.4) is 0 Å². The molecule has 0 radical (unpaired) electrons. The average Bonchev–Trinajstić information content (AvgIpc) is 2.26. The number of carbonyl (C=O) groups excluding carboxylic acids is 1. The molecule has 1 atom stereocenters. The smallest absolute Gasteiger partial charge is 0.328 e. The van der Waals surface area contributed by atoms with Crippen LogP contribution in [0.15, 0.2) is 24.3 Å². The Morgan fingerprint density at radius 3 is 2.50 bits per heavy atom. The van der Waals surface area contributed by atoms with E-state index >= 15 is 0 Å². The molecule has 1 aliphatic rings. The van der Waals surface area contributed by atoms with Gasteiger partial charge in [-0.2, -0.15) is 0 Å². The van der Waals surface area contributed by atoms with Crippen LogP contribution in [0, 0.1) is 0 Å². The van der Waals surface area contributed by atoms with Gasteiger partial charge in [0.15, 0.2) is 0 Å². The van der Waals surface area contributed by atoms with Gasteiger partial charge in [-0.15, -0.1) is 0 Å². The minimum atomic E-state index is -0.134. The van der Waals surface area contributed by atoms with Crippen LogP contribution in [-0.4, -0.2) is 25.7 Å². The Kier molecular flexibility index (Phi) is 3.33. The fourth-order valence-electron chi connectivity index (χ4n) is 2.42. The van der Waals surface area contributed by atoms with Gasteiger partial charge in [0.25, 0.3) is 0 Å². The van der Waals surface area contributed by atoms with Crippen LogP contribution < -0.4 is 4.90 Å². The second-order valence-corrected chi connectivity index (χ2v) is 5.79. The van der Waals surface area contributed by atoms with E-state index in [0.717, 1.165) is 18.7 Å². The molecule has 1 heterocycles. The number of carbonyl (C=O) groups is 1. The monoisotopic (exact) mass is 247 g/mol. The maximum atomic E-state index is 11.7. The minimum Gasteiger partial charge on any atom is -0.467 e. The summed E-state index contributed by atoms with van der Waals surface area (Å²) in [7, 11) is 1.45. The first-order chi connectivity index (χ1) is 8.45. The molecule has 1 aliphatic heterocycles. The second kappa shape index (κ2) is 4.63. The molecule has 1 saturated heterocycles. The summed E-state index contributed by atoms with van der Waals surface area (Å²) in [6.45, 7) is 7.50. The van der Waals surface area contributed by atoms with Crippen molar-refractivity contribution in [2.45, 2.75) is 38.6 Å². The molecule has 1 aromatic rings. The molecule has 18 heavy (non-hydrogen) atoms. The lowest BCUT2D eigenvalue weighted by Gasteiger charge is -2.43. The fraction of sp³-hybridized carbons (Fsp3) is 0.533. The number of ether oxygens (including phenoxy) is 1. The summed E-state index contributed by atoms with van der Waals surface area (Å²) in [5.41, 5.74) is 2.51. The van der Waals surface area contributed by atoms with Crippen LogP contribution in [0.5, 0.6) is 0 Å². The number of hydrogen-bond donors (Lipinski definition) is 0. The third-order valence-electron chi connectivity index (χ3n) is 3.51. The highest BCUT2D eigenvalue weighted by atomic mass is 16.5. The quantitative estimate of drug-likeness (QED) is 0.753. The highest BCUT2D eigenvalue weighted by molar-refractivity contribution is 5.82. The minimum absolute atomic E-state index is 0.0762. The van der Waals surface area contributed by atoms with E-state index in [-0.39, 0.29) is 17.4 Å². The molecular weight excluding hydrogens is 226 g/mol. The summed E-state index contributed by atoms with van der Waals surface area (Å²) in [5, 5.41) is 0. The summed E-state index contributed by atoms with van der Waals surface area (Å²) < 4.78 is 4.85. The van der Waals surface area contributed by atoms with Gasteiger partial charge in [0.05, 0.1) is 7.11 Å². The average molecular weight is 247 g/mol. The first-order valence-electron chi connectivity index (χ1n) is 6.39. The first-order valence-corrected chi connectivity index (χ1v) is 6.39. The van der Waals surface area contributed by atoms with Crippen molar-refractivity contribution in [2.24, 2.45) is 0 Å². The standard InChI is InChI=1S/C15H21NO2/c1-15(2,3)11-7-5-6-8-12(11)16-10-9-13(16)14(17)18-4/h5-8,13H,9-10H2,1-4H3. The van der Waals surface area contributed by atoms with Gasteiger partial charge in [-0.3, -0.25) is 0 Å². The van der Waals surface area contributed by atoms with Crippen LogP contribution in [0.2, 0.25) is 0 Å². The van der Waals surface area contributed by atoms with Crippen LogP contribution in [0.25, 0.3) is 0 Å². The molecule has 1 aromatic carbocycles. The Labute approximate surface area is 109 Å². The van der Waals surface area contributed by atoms with Crippen molar-refractivity contribution in [3.8, 4) is 0 Å². The summed E-state index contributed by atoms with van der Waals surface area (Å²) in [5.74, 6) is -0.134. The molecule has 0 amide bonds. The lowest BCUT2D eigenvalue weighted by molar-refractivity contribution is -0.143. The molecule has 0 spiro atoms. The third-order valence-corrected chi connectivity index (χ3v) is 3.51. The predicted molar refractivity (Wildman–Crippen MR) is 72.9 cm³/mol. The van der Waals surface area contributed by atoms with Crippen LogP contribution >= 0.6 is 0 Å². The van der Waals surface area contributed by atoms with Gasteiger partial charge in [0, 0.05) is 12.2 Å². The van der Waals surface area contributed by atoms with Crippen molar-refractivity contribution in [3.05, 3.63) is 29.8 Å². The van der Waals surface area contributed by atoms with Crippen molar-refractivity contribution in [1.29, 1.82) is 0 Å². The molecule has 98 valence electrons. The second-order valence-electron chi connectivity index (χ2n) is 5.79. The fourth-order valence-corrected chi connectivity index (χ4v) is 2.42. The van der Waals surface area contributed by atoms with Gasteiger partial charge >= 0.3 is 5.97 Å². The molecule has 0 N–H and O–H groups in total. The normalized spacial score (nSPS) is 19.3. The number of rotatable bonds is 2. The van der Waals surface area contributed by atoms with Gasteiger partial charge in [-0.25, -0.2) is 4.79 Å². The third kappa shape index (κ3) is 2.22. The Bertz CT molecular complexity index is 448. The number of esters is 1. The van der Waals surface area contributed by atoms with Gasteiger partial charge < -0.3 is 9.64 Å². The highest BCUT2D eigenvalue weighted by Gasteiger charge is 2.37. The largest absolute Gasteiger partial charge is 0.467 e. The maximum Gasteiger partial charge on any atom is 0.328 e. The zero-order chi connectivity index (χ0) is 13.3. The maximum absolute atomic E-state index is 11.7. The number of hydrogen-bond acceptors (Lipinski definition) is 3. The molecule has 3 nitrogen and oxygen atoms in total. The van der Waals surface area contributed by atoms with E-state index in [9.17, 15) is 4.79 Å². The van der Waals surface area contributed by atoms with Gasteiger partial charge in [-0.1, -0.05) is 39.0 Å². The number of para-hydroxylation sites is 1. The number of methoxy groups -OCH3 is 1. The molecule has 3 heteroatoms. The van der Waals surface area contributed by atoms with E-state index in [2.05, 4.69) is 43.9 Å². The molecule has 0 bridgehead atoms. The van der Waals surface area contributed by atoms with Crippen molar-refractivity contribution < 1.29 is 9.53 Å². The first kappa shape index (κ1) is 12.9. The predicted octanol–water partition coefficient (Wildman–Crippen LogP) is 2.74. The number of benzene rings is 1. The number of nitrogens with zero attached hydrogens (tertiary/aromatic N) is 1. The Morgan fingerprint density at radius 1 is 1.33 bits per heavy atom.